The van der Waals surface area contributed by atoms with Crippen molar-refractivity contribution in [3.05, 3.63) is 75.4 Å². The monoisotopic (exact) mass is 492 g/mol. The van der Waals surface area contributed by atoms with Gasteiger partial charge in [0.2, 0.25) is 0 Å². The summed E-state index contributed by atoms with van der Waals surface area (Å²) in [5.74, 6) is -0.112. The van der Waals surface area contributed by atoms with Crippen LogP contribution < -0.4 is 10.2 Å². The van der Waals surface area contributed by atoms with E-state index in [1.165, 1.54) is 17.0 Å². The van der Waals surface area contributed by atoms with Crippen molar-refractivity contribution in [3.63, 3.8) is 0 Å². The number of ketones is 1. The number of urea groups is 1. The van der Waals surface area contributed by atoms with Crippen molar-refractivity contribution in [1.29, 1.82) is 0 Å². The molecule has 1 heterocycles. The predicted octanol–water partition coefficient (Wildman–Crippen LogP) is 6.38. The minimum atomic E-state index is -4.54. The summed E-state index contributed by atoms with van der Waals surface area (Å²) < 4.78 is 40.6. The Morgan fingerprint density at radius 2 is 1.77 bits per heavy atom. The molecule has 31 heavy (non-hydrogen) atoms. The summed E-state index contributed by atoms with van der Waals surface area (Å²) in [5.41, 5.74) is 0.224. The van der Waals surface area contributed by atoms with Crippen molar-refractivity contribution in [2.45, 2.75) is 38.9 Å². The number of alkyl halides is 3. The van der Waals surface area contributed by atoms with Crippen molar-refractivity contribution >= 4 is 33.4 Å². The van der Waals surface area contributed by atoms with Crippen molar-refractivity contribution in [1.82, 2.24) is 5.32 Å². The van der Waals surface area contributed by atoms with Crippen LogP contribution in [0.1, 0.15) is 43.9 Å². The van der Waals surface area contributed by atoms with Crippen LogP contribution >= 0.6 is 15.9 Å². The third-order valence-electron chi connectivity index (χ3n) is 5.82. The first-order chi connectivity index (χ1) is 14.5. The molecule has 2 amide bonds. The third kappa shape index (κ3) is 3.89. The van der Waals surface area contributed by atoms with Crippen LogP contribution in [0.15, 0.2) is 64.3 Å². The number of nitrogens with zero attached hydrogens (tertiary/aromatic N) is 1. The molecule has 4 nitrogen and oxygen atoms in total. The SMILES string of the molecule is CC1(C)CCC2=C(C1=O)C(c1ccc(Br)cc1)NC(=O)N2c1cccc(C(F)(F)F)c1. The standard InChI is InChI=1S/C23H20BrF3N2O2/c1-22(2)11-10-17-18(20(22)30)19(13-6-8-15(24)9-7-13)28-21(31)29(17)16-5-3-4-14(12-16)23(25,26)27/h3-9,12,19H,10-11H2,1-2H3,(H,28,31). The molecule has 0 radical (unpaired) electrons. The lowest BCUT2D eigenvalue weighted by Gasteiger charge is -2.43. The topological polar surface area (TPSA) is 49.4 Å². The Kier molecular flexibility index (Phi) is 5.24. The minimum absolute atomic E-state index is 0.0848. The molecule has 1 aliphatic carbocycles. The Balaban J connectivity index is 1.88. The van der Waals surface area contributed by atoms with E-state index in [2.05, 4.69) is 21.2 Å². The lowest BCUT2D eigenvalue weighted by molar-refractivity contribution is -0.137. The van der Waals surface area contributed by atoms with Crippen molar-refractivity contribution in [3.8, 4) is 0 Å². The summed E-state index contributed by atoms with van der Waals surface area (Å²) in [6, 6.07) is 10.7. The summed E-state index contributed by atoms with van der Waals surface area (Å²) >= 11 is 3.38. The highest BCUT2D eigenvalue weighted by Crippen LogP contribution is 2.45. The molecule has 1 aliphatic heterocycles. The fourth-order valence-electron chi connectivity index (χ4n) is 4.09. The first-order valence-electron chi connectivity index (χ1n) is 9.80. The lowest BCUT2D eigenvalue weighted by Crippen LogP contribution is -2.51. The summed E-state index contributed by atoms with van der Waals surface area (Å²) in [6.45, 7) is 3.70. The molecule has 0 spiro atoms. The van der Waals surface area contributed by atoms with E-state index in [0.29, 0.717) is 24.1 Å². The fraction of sp³-hybridized carbons (Fsp3) is 0.304. The van der Waals surface area contributed by atoms with Gasteiger partial charge in [-0.05, 0) is 48.7 Å². The molecule has 0 saturated heterocycles. The average Bonchev–Trinajstić information content (AvgIpc) is 2.70. The number of hydrogen-bond donors (Lipinski definition) is 1. The Labute approximate surface area is 186 Å². The number of Topliss-reactive ketones (excluding diaryl/α,β-unsaturated/α-hetero) is 1. The van der Waals surface area contributed by atoms with Gasteiger partial charge in [-0.1, -0.05) is 48.0 Å². The van der Waals surface area contributed by atoms with Crippen LogP contribution in [-0.4, -0.2) is 11.8 Å². The van der Waals surface area contributed by atoms with E-state index >= 15 is 0 Å². The third-order valence-corrected chi connectivity index (χ3v) is 6.35. The van der Waals surface area contributed by atoms with Gasteiger partial charge in [-0.3, -0.25) is 9.69 Å². The maximum atomic E-state index is 13.4. The molecule has 162 valence electrons. The van der Waals surface area contributed by atoms with Crippen LogP contribution in [0.25, 0.3) is 0 Å². The highest BCUT2D eigenvalue weighted by molar-refractivity contribution is 9.10. The maximum absolute atomic E-state index is 13.4. The number of rotatable bonds is 2. The van der Waals surface area contributed by atoms with E-state index in [0.717, 1.165) is 22.2 Å². The predicted molar refractivity (Wildman–Crippen MR) is 114 cm³/mol. The zero-order chi connectivity index (χ0) is 22.6. The van der Waals surface area contributed by atoms with Crippen LogP contribution in [0, 0.1) is 5.41 Å². The maximum Gasteiger partial charge on any atom is 0.416 e. The van der Waals surface area contributed by atoms with Gasteiger partial charge in [0.15, 0.2) is 5.78 Å². The average molecular weight is 493 g/mol. The molecule has 2 aliphatic rings. The first-order valence-corrected chi connectivity index (χ1v) is 10.6. The molecule has 8 heteroatoms. The molecular weight excluding hydrogens is 473 g/mol. The largest absolute Gasteiger partial charge is 0.416 e. The number of allylic oxidation sites excluding steroid dienone is 1. The van der Waals surface area contributed by atoms with E-state index in [-0.39, 0.29) is 11.5 Å². The second kappa shape index (κ2) is 7.51. The number of carbonyl (C=O) groups excluding carboxylic acids is 2. The van der Waals surface area contributed by atoms with Gasteiger partial charge >= 0.3 is 12.2 Å². The molecule has 2 aromatic rings. The van der Waals surface area contributed by atoms with Gasteiger partial charge in [-0.15, -0.1) is 0 Å². The smallest absolute Gasteiger partial charge is 0.326 e. The highest BCUT2D eigenvalue weighted by atomic mass is 79.9. The molecule has 1 unspecified atom stereocenters. The summed E-state index contributed by atoms with van der Waals surface area (Å²) in [5, 5.41) is 2.84. The van der Waals surface area contributed by atoms with Gasteiger partial charge in [0.25, 0.3) is 0 Å². The molecule has 4 rings (SSSR count). The van der Waals surface area contributed by atoms with Gasteiger partial charge in [0.1, 0.15) is 0 Å². The number of carbonyl (C=O) groups is 2. The minimum Gasteiger partial charge on any atom is -0.326 e. The first kappa shape index (κ1) is 21.6. The molecule has 2 aromatic carbocycles. The van der Waals surface area contributed by atoms with Gasteiger partial charge in [-0.2, -0.15) is 13.2 Å². The van der Waals surface area contributed by atoms with Crippen LogP contribution in [0.4, 0.5) is 23.7 Å². The quantitative estimate of drug-likeness (QED) is 0.528. The summed E-state index contributed by atoms with van der Waals surface area (Å²) in [6.07, 6.45) is -3.63. The molecule has 1 N–H and O–H groups in total. The Hall–Kier alpha value is -2.61. The highest BCUT2D eigenvalue weighted by Gasteiger charge is 2.46. The number of hydrogen-bond acceptors (Lipinski definition) is 2. The van der Waals surface area contributed by atoms with E-state index < -0.39 is 29.2 Å². The molecule has 0 saturated carbocycles. The van der Waals surface area contributed by atoms with Crippen LogP contribution in [0.5, 0.6) is 0 Å². The summed E-state index contributed by atoms with van der Waals surface area (Å²) in [7, 11) is 0. The zero-order valence-corrected chi connectivity index (χ0v) is 18.5. The number of halogens is 4. The normalized spacial score (nSPS) is 21.1. The molecular formula is C23H20BrF3N2O2. The number of nitrogens with one attached hydrogen (secondary N) is 1. The van der Waals surface area contributed by atoms with E-state index in [4.69, 9.17) is 0 Å². The Bertz CT molecular complexity index is 1090. The molecule has 1 atom stereocenters. The van der Waals surface area contributed by atoms with Crippen molar-refractivity contribution in [2.24, 2.45) is 5.41 Å². The number of amides is 2. The van der Waals surface area contributed by atoms with Gasteiger partial charge in [0.05, 0.1) is 17.3 Å². The van der Waals surface area contributed by atoms with Crippen molar-refractivity contribution in [2.75, 3.05) is 4.90 Å². The van der Waals surface area contributed by atoms with Gasteiger partial charge in [0, 0.05) is 21.2 Å². The van der Waals surface area contributed by atoms with E-state index in [9.17, 15) is 22.8 Å². The molecule has 0 bridgehead atoms. The fourth-order valence-corrected chi connectivity index (χ4v) is 4.35. The second-order valence-corrected chi connectivity index (χ2v) is 9.31. The summed E-state index contributed by atoms with van der Waals surface area (Å²) in [4.78, 5) is 27.7. The Morgan fingerprint density at radius 1 is 1.10 bits per heavy atom. The van der Waals surface area contributed by atoms with E-state index in [1.807, 2.05) is 38.1 Å². The van der Waals surface area contributed by atoms with Crippen LogP contribution in [-0.2, 0) is 11.0 Å². The zero-order valence-electron chi connectivity index (χ0n) is 16.9. The van der Waals surface area contributed by atoms with Crippen molar-refractivity contribution < 1.29 is 22.8 Å². The van der Waals surface area contributed by atoms with Gasteiger partial charge < -0.3 is 5.32 Å². The number of anilines is 1. The Morgan fingerprint density at radius 3 is 2.42 bits per heavy atom. The molecule has 0 aromatic heterocycles. The van der Waals surface area contributed by atoms with Crippen LogP contribution in [0.3, 0.4) is 0 Å². The van der Waals surface area contributed by atoms with E-state index in [1.54, 1.807) is 0 Å². The van der Waals surface area contributed by atoms with Crippen LogP contribution in [0.2, 0.25) is 0 Å². The number of benzene rings is 2. The molecule has 0 fully saturated rings. The second-order valence-electron chi connectivity index (χ2n) is 8.39. The lowest BCUT2D eigenvalue weighted by atomic mass is 9.71. The van der Waals surface area contributed by atoms with Gasteiger partial charge in [-0.25, -0.2) is 4.79 Å².